The van der Waals surface area contributed by atoms with Crippen LogP contribution in [0.15, 0.2) is 60.9 Å². The summed E-state index contributed by atoms with van der Waals surface area (Å²) >= 11 is 0. The highest BCUT2D eigenvalue weighted by atomic mass is 16.4. The van der Waals surface area contributed by atoms with Gasteiger partial charge < -0.3 is 15.0 Å². The first kappa shape index (κ1) is 18.4. The van der Waals surface area contributed by atoms with Crippen LogP contribution in [0.1, 0.15) is 40.2 Å². The number of nitrogens with one attached hydrogen (secondary N) is 1. The van der Waals surface area contributed by atoms with Crippen molar-refractivity contribution in [3.8, 4) is 11.1 Å². The summed E-state index contributed by atoms with van der Waals surface area (Å²) in [5.41, 5.74) is 6.60. The van der Waals surface area contributed by atoms with Crippen molar-refractivity contribution in [1.82, 2.24) is 9.55 Å². The van der Waals surface area contributed by atoms with Gasteiger partial charge in [0.25, 0.3) is 0 Å². The Morgan fingerprint density at radius 2 is 2.00 bits per heavy atom. The average Bonchev–Trinajstić information content (AvgIpc) is 3.51. The Morgan fingerprint density at radius 3 is 2.73 bits per heavy atom. The predicted molar refractivity (Wildman–Crippen MR) is 120 cm³/mol. The first-order chi connectivity index (χ1) is 14.5. The minimum absolute atomic E-state index is 0.213. The number of carboxylic acid groups (broad SMARTS) is 1. The Labute approximate surface area is 175 Å². The Hall–Kier alpha value is -3.60. The molecule has 5 heteroatoms. The van der Waals surface area contributed by atoms with Gasteiger partial charge in [0.15, 0.2) is 0 Å². The molecule has 0 aliphatic heterocycles. The van der Waals surface area contributed by atoms with Gasteiger partial charge in [0, 0.05) is 36.1 Å². The second-order valence-electron chi connectivity index (χ2n) is 8.13. The highest BCUT2D eigenvalue weighted by Crippen LogP contribution is 2.41. The summed E-state index contributed by atoms with van der Waals surface area (Å²) in [4.78, 5) is 16.3. The van der Waals surface area contributed by atoms with Crippen LogP contribution in [-0.4, -0.2) is 20.6 Å². The SMILES string of the molecule is Cc1cccc(-c2cc(Nc3ncc(C4CC4)cc3C(=O)O)cc3ccn(C)c23)c1. The molecule has 0 bridgehead atoms. The number of aromatic nitrogens is 2. The molecule has 4 aromatic rings. The minimum atomic E-state index is -0.966. The summed E-state index contributed by atoms with van der Waals surface area (Å²) in [5, 5.41) is 14.1. The van der Waals surface area contributed by atoms with Gasteiger partial charge in [-0.1, -0.05) is 29.8 Å². The number of aryl methyl sites for hydroxylation is 2. The number of anilines is 2. The van der Waals surface area contributed by atoms with Crippen LogP contribution >= 0.6 is 0 Å². The van der Waals surface area contributed by atoms with Crippen LogP contribution in [0.5, 0.6) is 0 Å². The lowest BCUT2D eigenvalue weighted by atomic mass is 10.00. The first-order valence-electron chi connectivity index (χ1n) is 10.2. The van der Waals surface area contributed by atoms with Crippen LogP contribution in [0.25, 0.3) is 22.0 Å². The zero-order valence-electron chi connectivity index (χ0n) is 17.0. The quantitative estimate of drug-likeness (QED) is 0.442. The van der Waals surface area contributed by atoms with E-state index in [0.717, 1.165) is 46.1 Å². The third-order valence-corrected chi connectivity index (χ3v) is 5.75. The van der Waals surface area contributed by atoms with E-state index in [1.807, 2.05) is 19.3 Å². The molecule has 0 radical (unpaired) electrons. The number of carboxylic acids is 1. The van der Waals surface area contributed by atoms with E-state index in [4.69, 9.17) is 0 Å². The highest BCUT2D eigenvalue weighted by molar-refractivity contribution is 5.99. The van der Waals surface area contributed by atoms with E-state index in [2.05, 4.69) is 58.2 Å². The molecule has 2 aromatic carbocycles. The van der Waals surface area contributed by atoms with Crippen molar-refractivity contribution in [1.29, 1.82) is 0 Å². The molecular weight excluding hydrogens is 374 g/mol. The van der Waals surface area contributed by atoms with E-state index in [-0.39, 0.29) is 5.56 Å². The fourth-order valence-corrected chi connectivity index (χ4v) is 4.07. The lowest BCUT2D eigenvalue weighted by Gasteiger charge is -2.14. The van der Waals surface area contributed by atoms with Crippen LogP contribution in [0, 0.1) is 6.92 Å². The van der Waals surface area contributed by atoms with Gasteiger partial charge in [-0.15, -0.1) is 0 Å². The van der Waals surface area contributed by atoms with Gasteiger partial charge in [0.1, 0.15) is 11.4 Å². The number of hydrogen-bond acceptors (Lipinski definition) is 3. The third kappa shape index (κ3) is 3.32. The van der Waals surface area contributed by atoms with Crippen molar-refractivity contribution in [2.75, 3.05) is 5.32 Å². The Bertz CT molecular complexity index is 1290. The van der Waals surface area contributed by atoms with Crippen LogP contribution < -0.4 is 5.32 Å². The van der Waals surface area contributed by atoms with Crippen molar-refractivity contribution < 1.29 is 9.90 Å². The molecule has 1 fully saturated rings. The lowest BCUT2D eigenvalue weighted by molar-refractivity contribution is 0.0697. The summed E-state index contributed by atoms with van der Waals surface area (Å²) in [7, 11) is 2.04. The third-order valence-electron chi connectivity index (χ3n) is 5.75. The lowest BCUT2D eigenvalue weighted by Crippen LogP contribution is -2.06. The maximum absolute atomic E-state index is 11.9. The van der Waals surface area contributed by atoms with E-state index < -0.39 is 5.97 Å². The number of rotatable bonds is 5. The smallest absolute Gasteiger partial charge is 0.339 e. The number of carbonyl (C=O) groups is 1. The van der Waals surface area contributed by atoms with Crippen LogP contribution in [0.3, 0.4) is 0 Å². The van der Waals surface area contributed by atoms with Crippen molar-refractivity contribution >= 4 is 28.4 Å². The molecule has 2 N–H and O–H groups in total. The van der Waals surface area contributed by atoms with Gasteiger partial charge in [-0.25, -0.2) is 9.78 Å². The number of fused-ring (bicyclic) bond motifs is 1. The van der Waals surface area contributed by atoms with Crippen molar-refractivity contribution in [2.24, 2.45) is 7.05 Å². The molecule has 0 atom stereocenters. The van der Waals surface area contributed by atoms with Crippen LogP contribution in [-0.2, 0) is 7.05 Å². The summed E-state index contributed by atoms with van der Waals surface area (Å²) in [6.45, 7) is 2.08. The van der Waals surface area contributed by atoms with Gasteiger partial charge in [-0.3, -0.25) is 0 Å². The largest absolute Gasteiger partial charge is 0.478 e. The van der Waals surface area contributed by atoms with E-state index >= 15 is 0 Å². The highest BCUT2D eigenvalue weighted by Gasteiger charge is 2.26. The van der Waals surface area contributed by atoms with Crippen molar-refractivity contribution in [3.63, 3.8) is 0 Å². The maximum Gasteiger partial charge on any atom is 0.339 e. The van der Waals surface area contributed by atoms with Crippen molar-refractivity contribution in [2.45, 2.75) is 25.7 Å². The molecule has 0 unspecified atom stereocenters. The molecule has 2 aromatic heterocycles. The second-order valence-corrected chi connectivity index (χ2v) is 8.13. The molecular formula is C25H23N3O2. The Morgan fingerprint density at radius 1 is 1.17 bits per heavy atom. The molecule has 150 valence electrons. The summed E-state index contributed by atoms with van der Waals surface area (Å²) in [6, 6.07) is 16.3. The zero-order valence-corrected chi connectivity index (χ0v) is 17.0. The molecule has 1 aliphatic rings. The number of hydrogen-bond donors (Lipinski definition) is 2. The fraction of sp³-hybridized carbons (Fsp3) is 0.200. The van der Waals surface area contributed by atoms with Gasteiger partial charge >= 0.3 is 5.97 Å². The number of benzene rings is 2. The summed E-state index contributed by atoms with van der Waals surface area (Å²) in [6.07, 6.45) is 6.06. The molecule has 5 nitrogen and oxygen atoms in total. The molecule has 1 saturated carbocycles. The van der Waals surface area contributed by atoms with E-state index in [9.17, 15) is 9.90 Å². The standard InChI is InChI=1S/C25H23N3O2/c1-15-4-3-5-17(10-15)21-13-20(11-18-8-9-28(2)23(18)21)27-24-22(25(29)30)12-19(14-26-24)16-6-7-16/h3-5,8-14,16H,6-7H2,1-2H3,(H,26,27)(H,29,30). The monoisotopic (exact) mass is 397 g/mol. The maximum atomic E-state index is 11.9. The van der Waals surface area contributed by atoms with E-state index in [0.29, 0.717) is 11.7 Å². The van der Waals surface area contributed by atoms with Gasteiger partial charge in [0.2, 0.25) is 0 Å². The molecule has 2 heterocycles. The minimum Gasteiger partial charge on any atom is -0.478 e. The molecule has 1 aliphatic carbocycles. The molecule has 0 amide bonds. The van der Waals surface area contributed by atoms with Gasteiger partial charge in [0.05, 0.1) is 5.52 Å². The van der Waals surface area contributed by atoms with E-state index in [1.54, 1.807) is 12.3 Å². The molecule has 5 rings (SSSR count). The van der Waals surface area contributed by atoms with E-state index in [1.165, 1.54) is 5.56 Å². The topological polar surface area (TPSA) is 67.2 Å². The predicted octanol–water partition coefficient (Wildman–Crippen LogP) is 5.87. The van der Waals surface area contributed by atoms with Crippen LogP contribution in [0.4, 0.5) is 11.5 Å². The summed E-state index contributed by atoms with van der Waals surface area (Å²) in [5.74, 6) is -0.136. The fourth-order valence-electron chi connectivity index (χ4n) is 4.07. The number of pyridine rings is 1. The van der Waals surface area contributed by atoms with Gasteiger partial charge in [-0.05, 0) is 61.1 Å². The normalized spacial score (nSPS) is 13.5. The Kier molecular flexibility index (Phi) is 4.31. The van der Waals surface area contributed by atoms with Crippen LogP contribution in [0.2, 0.25) is 0 Å². The first-order valence-corrected chi connectivity index (χ1v) is 10.2. The molecule has 0 saturated heterocycles. The number of aromatic carboxylic acids is 1. The zero-order chi connectivity index (χ0) is 20.8. The molecule has 30 heavy (non-hydrogen) atoms. The second kappa shape index (κ2) is 7.02. The van der Waals surface area contributed by atoms with Gasteiger partial charge in [-0.2, -0.15) is 0 Å². The average molecular weight is 397 g/mol. The molecule has 0 spiro atoms. The van der Waals surface area contributed by atoms with Crippen molar-refractivity contribution in [3.05, 3.63) is 77.6 Å². The Balaban J connectivity index is 1.61. The number of nitrogens with zero attached hydrogens (tertiary/aromatic N) is 2. The summed E-state index contributed by atoms with van der Waals surface area (Å²) < 4.78 is 2.11.